The summed E-state index contributed by atoms with van der Waals surface area (Å²) in [5, 5.41) is 0.449. The predicted octanol–water partition coefficient (Wildman–Crippen LogP) is 3.03. The van der Waals surface area contributed by atoms with Gasteiger partial charge in [-0.3, -0.25) is 0 Å². The minimum atomic E-state index is -3.29. The zero-order valence-electron chi connectivity index (χ0n) is 8.82. The Kier molecular flexibility index (Phi) is 4.33. The van der Waals surface area contributed by atoms with Crippen LogP contribution in [-0.4, -0.2) is 14.2 Å². The lowest BCUT2D eigenvalue weighted by Gasteiger charge is -2.05. The molecule has 86 valence electrons. The van der Waals surface area contributed by atoms with Gasteiger partial charge in [0.25, 0.3) is 0 Å². The van der Waals surface area contributed by atoms with E-state index >= 15 is 0 Å². The molecule has 0 heterocycles. The summed E-state index contributed by atoms with van der Waals surface area (Å²) in [4.78, 5) is 0.227. The summed E-state index contributed by atoms with van der Waals surface area (Å²) in [6, 6.07) is 4.74. The fourth-order valence-electron chi connectivity index (χ4n) is 1.29. The zero-order valence-corrected chi connectivity index (χ0v) is 10.4. The third kappa shape index (κ3) is 2.97. The maximum atomic E-state index is 11.7. The Hall–Kier alpha value is -1.06. The van der Waals surface area contributed by atoms with E-state index in [1.807, 2.05) is 0 Å². The summed E-state index contributed by atoms with van der Waals surface area (Å²) < 4.78 is 23.4. The molecule has 0 N–H and O–H groups in total. The molecule has 0 aliphatic heterocycles. The van der Waals surface area contributed by atoms with Crippen LogP contribution in [0, 0.1) is 0 Å². The molecule has 16 heavy (non-hydrogen) atoms. The van der Waals surface area contributed by atoms with Gasteiger partial charge >= 0.3 is 0 Å². The Bertz CT molecular complexity index is 504. The molecule has 0 spiro atoms. The summed E-state index contributed by atoms with van der Waals surface area (Å²) in [5.41, 5.74) is 0.870. The van der Waals surface area contributed by atoms with E-state index in [1.165, 1.54) is 12.1 Å². The molecule has 0 bridgehead atoms. The molecular formula is C12H13ClO2S. The third-order valence-electron chi connectivity index (χ3n) is 2.09. The number of allylic oxidation sites excluding steroid dienone is 1. The van der Waals surface area contributed by atoms with Crippen molar-refractivity contribution in [1.82, 2.24) is 0 Å². The van der Waals surface area contributed by atoms with Gasteiger partial charge in [-0.15, -0.1) is 13.2 Å². The van der Waals surface area contributed by atoms with E-state index in [0.29, 0.717) is 11.4 Å². The van der Waals surface area contributed by atoms with Gasteiger partial charge < -0.3 is 0 Å². The van der Waals surface area contributed by atoms with Gasteiger partial charge in [0.05, 0.1) is 10.6 Å². The highest BCUT2D eigenvalue weighted by molar-refractivity contribution is 7.91. The van der Waals surface area contributed by atoms with Crippen molar-refractivity contribution in [3.05, 3.63) is 54.1 Å². The van der Waals surface area contributed by atoms with E-state index in [4.69, 9.17) is 11.6 Å². The summed E-state index contributed by atoms with van der Waals surface area (Å²) in [6.07, 6.45) is 3.71. The van der Waals surface area contributed by atoms with Gasteiger partial charge in [-0.2, -0.15) is 0 Å². The first kappa shape index (κ1) is 13.0. The van der Waals surface area contributed by atoms with Crippen LogP contribution >= 0.6 is 11.6 Å². The van der Waals surface area contributed by atoms with Gasteiger partial charge in [0.15, 0.2) is 9.84 Å². The van der Waals surface area contributed by atoms with Crippen molar-refractivity contribution in [2.75, 3.05) is 5.75 Å². The number of halogens is 1. The van der Waals surface area contributed by atoms with Crippen molar-refractivity contribution in [2.45, 2.75) is 11.3 Å². The first-order valence-corrected chi connectivity index (χ1v) is 6.77. The highest BCUT2D eigenvalue weighted by atomic mass is 35.5. The molecule has 0 aliphatic carbocycles. The van der Waals surface area contributed by atoms with Crippen molar-refractivity contribution >= 4 is 21.4 Å². The highest BCUT2D eigenvalue weighted by Crippen LogP contribution is 2.22. The number of benzene rings is 1. The summed E-state index contributed by atoms with van der Waals surface area (Å²) in [5.74, 6) is -0.0792. The average Bonchev–Trinajstić information content (AvgIpc) is 2.21. The van der Waals surface area contributed by atoms with Crippen molar-refractivity contribution in [2.24, 2.45) is 0 Å². The molecule has 0 aliphatic rings. The SMILES string of the molecule is C=CCc1ccc(S(=O)(=O)CC=C)cc1Cl. The van der Waals surface area contributed by atoms with Crippen LogP contribution in [0.1, 0.15) is 5.56 Å². The second-order valence-electron chi connectivity index (χ2n) is 3.32. The number of sulfone groups is 1. The first-order valence-electron chi connectivity index (χ1n) is 4.74. The maximum Gasteiger partial charge on any atom is 0.181 e. The van der Waals surface area contributed by atoms with Crippen LogP contribution in [0.25, 0.3) is 0 Å². The van der Waals surface area contributed by atoms with Crippen LogP contribution in [0.2, 0.25) is 5.02 Å². The van der Waals surface area contributed by atoms with Crippen molar-refractivity contribution in [3.8, 4) is 0 Å². The van der Waals surface area contributed by atoms with Crippen LogP contribution < -0.4 is 0 Å². The largest absolute Gasteiger partial charge is 0.223 e. The normalized spacial score (nSPS) is 11.1. The lowest BCUT2D eigenvalue weighted by atomic mass is 10.1. The molecule has 1 aromatic rings. The molecule has 0 amide bonds. The molecule has 0 fully saturated rings. The molecule has 0 radical (unpaired) electrons. The minimum Gasteiger partial charge on any atom is -0.223 e. The summed E-state index contributed by atoms with van der Waals surface area (Å²) in [6.45, 7) is 7.02. The van der Waals surface area contributed by atoms with E-state index in [-0.39, 0.29) is 10.6 Å². The Labute approximate surface area is 101 Å². The fourth-order valence-corrected chi connectivity index (χ4v) is 2.69. The first-order chi connectivity index (χ1) is 7.51. The van der Waals surface area contributed by atoms with Crippen LogP contribution in [0.4, 0.5) is 0 Å². The van der Waals surface area contributed by atoms with Gasteiger partial charge in [0.1, 0.15) is 0 Å². The Morgan fingerprint density at radius 2 is 1.94 bits per heavy atom. The molecule has 1 aromatic carbocycles. The number of hydrogen-bond acceptors (Lipinski definition) is 2. The Morgan fingerprint density at radius 3 is 2.44 bits per heavy atom. The number of rotatable bonds is 5. The molecule has 0 aromatic heterocycles. The van der Waals surface area contributed by atoms with Crippen molar-refractivity contribution in [3.63, 3.8) is 0 Å². The lowest BCUT2D eigenvalue weighted by Crippen LogP contribution is -2.04. The van der Waals surface area contributed by atoms with E-state index in [0.717, 1.165) is 5.56 Å². The number of hydrogen-bond donors (Lipinski definition) is 0. The zero-order chi connectivity index (χ0) is 12.2. The second-order valence-corrected chi connectivity index (χ2v) is 5.76. The lowest BCUT2D eigenvalue weighted by molar-refractivity contribution is 0.599. The molecule has 1 rings (SSSR count). The van der Waals surface area contributed by atoms with E-state index in [2.05, 4.69) is 13.2 Å². The van der Waals surface area contributed by atoms with Crippen LogP contribution in [0.5, 0.6) is 0 Å². The third-order valence-corrected chi connectivity index (χ3v) is 4.08. The average molecular weight is 257 g/mol. The summed E-state index contributed by atoms with van der Waals surface area (Å²) >= 11 is 5.98. The molecule has 4 heteroatoms. The monoisotopic (exact) mass is 256 g/mol. The smallest absolute Gasteiger partial charge is 0.181 e. The molecule has 0 saturated heterocycles. The molecule has 0 unspecified atom stereocenters. The van der Waals surface area contributed by atoms with E-state index in [1.54, 1.807) is 18.2 Å². The van der Waals surface area contributed by atoms with E-state index < -0.39 is 9.84 Å². The maximum absolute atomic E-state index is 11.7. The Balaban J connectivity index is 3.15. The van der Waals surface area contributed by atoms with Crippen molar-refractivity contribution < 1.29 is 8.42 Å². The van der Waals surface area contributed by atoms with Crippen LogP contribution in [0.15, 0.2) is 48.4 Å². The molecular weight excluding hydrogens is 244 g/mol. The minimum absolute atomic E-state index is 0.0792. The summed E-state index contributed by atoms with van der Waals surface area (Å²) in [7, 11) is -3.29. The van der Waals surface area contributed by atoms with Crippen LogP contribution in [0.3, 0.4) is 0 Å². The van der Waals surface area contributed by atoms with Gasteiger partial charge in [0.2, 0.25) is 0 Å². The predicted molar refractivity (Wildman–Crippen MR) is 67.6 cm³/mol. The second kappa shape index (κ2) is 5.32. The van der Waals surface area contributed by atoms with Crippen LogP contribution in [-0.2, 0) is 16.3 Å². The topological polar surface area (TPSA) is 34.1 Å². The highest BCUT2D eigenvalue weighted by Gasteiger charge is 2.13. The molecule has 2 nitrogen and oxygen atoms in total. The van der Waals surface area contributed by atoms with E-state index in [9.17, 15) is 8.42 Å². The fraction of sp³-hybridized carbons (Fsp3) is 0.167. The van der Waals surface area contributed by atoms with Crippen molar-refractivity contribution in [1.29, 1.82) is 0 Å². The molecule has 0 atom stereocenters. The Morgan fingerprint density at radius 1 is 1.25 bits per heavy atom. The quantitative estimate of drug-likeness (QED) is 0.759. The molecule has 0 saturated carbocycles. The standard InChI is InChI=1S/C12H13ClO2S/c1-3-5-10-6-7-11(9-12(10)13)16(14,15)8-4-2/h3-4,6-7,9H,1-2,5,8H2. The van der Waals surface area contributed by atoms with Gasteiger partial charge in [-0.25, -0.2) is 8.42 Å². The van der Waals surface area contributed by atoms with Gasteiger partial charge in [0, 0.05) is 5.02 Å². The van der Waals surface area contributed by atoms with Gasteiger partial charge in [-0.1, -0.05) is 29.8 Å². The van der Waals surface area contributed by atoms with Gasteiger partial charge in [-0.05, 0) is 24.1 Å².